The molecule has 0 saturated carbocycles. The summed E-state index contributed by atoms with van der Waals surface area (Å²) in [4.78, 5) is 58.6. The second kappa shape index (κ2) is 13.5. The van der Waals surface area contributed by atoms with Gasteiger partial charge in [-0.1, -0.05) is 63.2 Å². The van der Waals surface area contributed by atoms with Crippen LogP contribution in [0, 0.1) is 11.2 Å². The molecule has 53 heavy (non-hydrogen) atoms. The van der Waals surface area contributed by atoms with Crippen molar-refractivity contribution in [2.45, 2.75) is 63.6 Å². The van der Waals surface area contributed by atoms with Crippen LogP contribution in [0.4, 0.5) is 14.9 Å². The highest BCUT2D eigenvalue weighted by atomic mass is 19.1. The Balaban J connectivity index is 1.39. The fourth-order valence-electron chi connectivity index (χ4n) is 7.04. The van der Waals surface area contributed by atoms with Crippen LogP contribution in [0.2, 0.25) is 0 Å². The third kappa shape index (κ3) is 6.30. The first-order valence-electron chi connectivity index (χ1n) is 17.0. The summed E-state index contributed by atoms with van der Waals surface area (Å²) in [6.07, 6.45) is -1.77. The van der Waals surface area contributed by atoms with E-state index < -0.39 is 71.5 Å². The minimum Gasteiger partial charge on any atom is -0.469 e. The predicted molar refractivity (Wildman–Crippen MR) is 185 cm³/mol. The number of ether oxygens (including phenoxy) is 3. The number of carbonyl (C=O) groups excluding carboxylic acids is 4. The van der Waals surface area contributed by atoms with Crippen LogP contribution in [0.15, 0.2) is 71.1 Å². The zero-order valence-electron chi connectivity index (χ0n) is 29.3. The lowest BCUT2D eigenvalue weighted by molar-refractivity contribution is -0.143. The Morgan fingerprint density at radius 1 is 1.08 bits per heavy atom. The maximum Gasteiger partial charge on any atom is 0.408 e. The average Bonchev–Trinajstić information content (AvgIpc) is 3.80. The smallest absolute Gasteiger partial charge is 0.408 e. The molecule has 5 atom stereocenters. The highest BCUT2D eigenvalue weighted by molar-refractivity contribution is 5.97. The number of hydrogen-bond donors (Lipinski definition) is 5. The Labute approximate surface area is 303 Å². The molecule has 5 N–H and O–H groups in total. The third-order valence-electron chi connectivity index (χ3n) is 9.65. The van der Waals surface area contributed by atoms with Crippen molar-refractivity contribution in [1.82, 2.24) is 20.9 Å². The topological polar surface area (TPSA) is 190 Å². The number of anilines is 1. The van der Waals surface area contributed by atoms with E-state index in [-0.39, 0.29) is 30.4 Å². The van der Waals surface area contributed by atoms with E-state index >= 15 is 4.39 Å². The zero-order valence-corrected chi connectivity index (χ0v) is 29.3. The molecule has 3 aliphatic heterocycles. The quantitative estimate of drug-likeness (QED) is 0.175. The molecule has 3 aliphatic rings. The van der Waals surface area contributed by atoms with Crippen molar-refractivity contribution in [1.29, 1.82) is 0 Å². The summed E-state index contributed by atoms with van der Waals surface area (Å²) in [5.41, 5.74) is 0.0928. The van der Waals surface area contributed by atoms with Gasteiger partial charge in [-0.25, -0.2) is 19.0 Å². The van der Waals surface area contributed by atoms with Gasteiger partial charge in [0.15, 0.2) is 23.7 Å². The number of methoxy groups -OCH3 is 1. The number of nitrogens with one attached hydrogen (secondary N) is 4. The Bertz CT molecular complexity index is 2100. The largest absolute Gasteiger partial charge is 0.469 e. The molecule has 4 aromatic rings. The summed E-state index contributed by atoms with van der Waals surface area (Å²) in [5, 5.41) is 21.4. The molecule has 0 radical (unpaired) electrons. The van der Waals surface area contributed by atoms with Crippen LogP contribution in [0.5, 0.6) is 5.75 Å². The first kappa shape index (κ1) is 35.4. The summed E-state index contributed by atoms with van der Waals surface area (Å²) in [6.45, 7) is 4.67. The number of carbonyl (C=O) groups is 4. The van der Waals surface area contributed by atoms with Gasteiger partial charge in [-0.3, -0.25) is 9.59 Å². The van der Waals surface area contributed by atoms with Crippen molar-refractivity contribution < 1.29 is 47.3 Å². The molecule has 15 heteroatoms. The predicted octanol–water partition coefficient (Wildman–Crippen LogP) is 3.61. The molecule has 0 aliphatic carbocycles. The van der Waals surface area contributed by atoms with Crippen molar-refractivity contribution >= 4 is 29.6 Å². The highest BCUT2D eigenvalue weighted by Gasteiger charge is 2.61. The molecular weight excluding hydrogens is 689 g/mol. The molecule has 3 aromatic carbocycles. The maximum atomic E-state index is 15.2. The number of aliphatic hydroxyl groups is 1. The lowest BCUT2D eigenvalue weighted by Crippen LogP contribution is -2.50. The number of oxazole rings is 1. The Kier molecular flexibility index (Phi) is 9.06. The fraction of sp³-hybridized carbons (Fsp3) is 0.342. The Hall–Kier alpha value is -5.96. The number of halogens is 1. The first-order valence-corrected chi connectivity index (χ1v) is 17.0. The van der Waals surface area contributed by atoms with Gasteiger partial charge in [-0.05, 0) is 40.8 Å². The lowest BCUT2D eigenvalue weighted by Gasteiger charge is -2.32. The van der Waals surface area contributed by atoms with Gasteiger partial charge < -0.3 is 45.0 Å². The molecule has 7 rings (SSSR count). The van der Waals surface area contributed by atoms with Gasteiger partial charge in [0.05, 0.1) is 13.7 Å². The standard InChI is InChI=1S/C38H38FN5O9/c1-37(2,3)29-33-43-28(32(47)40-26(17-45)34(48)50-4)30(53-33)38-22-16-21(39)11-12-24(22)41-35(38)52-27-13-10-20(14-23(27)38)15-25(31(46)44-29)42-36(49)51-18-19-8-6-5-7-9-19/h5-14,16,25-26,29,35,41,45H,15,17-18H2,1-4H3,(H,40,47)(H,42,49)(H,44,46)/t25-,26-,29+,35+,38-/m0/s1. The fourth-order valence-corrected chi connectivity index (χ4v) is 7.04. The highest BCUT2D eigenvalue weighted by Crippen LogP contribution is 2.58. The molecule has 14 nitrogen and oxygen atoms in total. The molecule has 0 fully saturated rings. The summed E-state index contributed by atoms with van der Waals surface area (Å²) in [5.74, 6) is -2.71. The van der Waals surface area contributed by atoms with Crippen molar-refractivity contribution in [2.75, 3.05) is 19.0 Å². The van der Waals surface area contributed by atoms with E-state index in [0.29, 0.717) is 28.1 Å². The minimum atomic E-state index is -1.52. The van der Waals surface area contributed by atoms with Gasteiger partial charge in [0.1, 0.15) is 35.7 Å². The number of benzene rings is 3. The van der Waals surface area contributed by atoms with Crippen molar-refractivity contribution in [3.8, 4) is 5.75 Å². The molecule has 0 saturated heterocycles. The molecule has 3 amide bonds. The van der Waals surface area contributed by atoms with Gasteiger partial charge in [-0.15, -0.1) is 0 Å². The SMILES string of the molecule is COC(=O)[C@H](CO)NC(=O)c1nc2oc1[C@@]13c4cc(F)ccc4N[C@@H]1Oc1ccc(cc13)C[C@H](NC(=O)OCc1ccccc1)C(=O)N[C@H]2C(C)(C)C. The van der Waals surface area contributed by atoms with E-state index in [9.17, 15) is 24.3 Å². The van der Waals surface area contributed by atoms with Crippen LogP contribution < -0.4 is 26.0 Å². The number of aliphatic hydroxyl groups excluding tert-OH is 1. The number of nitrogens with zero attached hydrogens (tertiary/aromatic N) is 1. The second-order valence-corrected chi connectivity index (χ2v) is 14.2. The molecule has 4 bridgehead atoms. The van der Waals surface area contributed by atoms with Gasteiger partial charge in [0.25, 0.3) is 5.91 Å². The van der Waals surface area contributed by atoms with Crippen LogP contribution in [0.3, 0.4) is 0 Å². The molecule has 1 spiro atoms. The van der Waals surface area contributed by atoms with Crippen LogP contribution in [0.25, 0.3) is 0 Å². The van der Waals surface area contributed by atoms with Crippen LogP contribution in [0.1, 0.15) is 71.2 Å². The van der Waals surface area contributed by atoms with Gasteiger partial charge in [-0.2, -0.15) is 0 Å². The van der Waals surface area contributed by atoms with E-state index in [4.69, 9.17) is 18.6 Å². The van der Waals surface area contributed by atoms with E-state index in [1.165, 1.54) is 12.1 Å². The first-order chi connectivity index (χ1) is 25.3. The molecule has 0 unspecified atom stereocenters. The van der Waals surface area contributed by atoms with E-state index in [1.54, 1.807) is 36.4 Å². The zero-order chi connectivity index (χ0) is 37.7. The Morgan fingerprint density at radius 2 is 1.85 bits per heavy atom. The minimum absolute atomic E-state index is 0.0115. The van der Waals surface area contributed by atoms with Crippen LogP contribution in [-0.4, -0.2) is 66.0 Å². The molecule has 4 heterocycles. The third-order valence-corrected chi connectivity index (χ3v) is 9.65. The summed E-state index contributed by atoms with van der Waals surface area (Å²) >= 11 is 0. The number of amides is 3. The number of fused-ring (bicyclic) bond motifs is 4. The number of esters is 1. The number of alkyl carbamates (subject to hydrolysis) is 1. The molecular formula is C38H38FN5O9. The average molecular weight is 728 g/mol. The molecule has 1 aromatic heterocycles. The van der Waals surface area contributed by atoms with Gasteiger partial charge in [0, 0.05) is 23.2 Å². The van der Waals surface area contributed by atoms with Gasteiger partial charge in [0.2, 0.25) is 11.8 Å². The summed E-state index contributed by atoms with van der Waals surface area (Å²) in [6, 6.07) is 14.8. The van der Waals surface area contributed by atoms with Crippen LogP contribution in [-0.2, 0) is 37.5 Å². The van der Waals surface area contributed by atoms with E-state index in [1.807, 2.05) is 39.0 Å². The number of rotatable bonds is 7. The number of aromatic nitrogens is 1. The van der Waals surface area contributed by atoms with Crippen molar-refractivity contribution in [3.63, 3.8) is 0 Å². The second-order valence-electron chi connectivity index (χ2n) is 14.2. The summed E-state index contributed by atoms with van der Waals surface area (Å²) < 4.78 is 38.5. The van der Waals surface area contributed by atoms with Gasteiger partial charge >= 0.3 is 12.1 Å². The molecule has 276 valence electrons. The van der Waals surface area contributed by atoms with Crippen molar-refractivity contribution in [2.24, 2.45) is 5.41 Å². The maximum absolute atomic E-state index is 15.2. The Morgan fingerprint density at radius 3 is 2.57 bits per heavy atom. The van der Waals surface area contributed by atoms with E-state index in [0.717, 1.165) is 12.7 Å². The van der Waals surface area contributed by atoms with E-state index in [2.05, 4.69) is 26.3 Å². The number of hydrogen-bond acceptors (Lipinski definition) is 11. The van der Waals surface area contributed by atoms with Crippen LogP contribution >= 0.6 is 0 Å². The normalized spacial score (nSPS) is 21.6. The van der Waals surface area contributed by atoms with Crippen molar-refractivity contribution in [3.05, 3.63) is 112 Å². The lowest BCUT2D eigenvalue weighted by atomic mass is 9.72. The monoisotopic (exact) mass is 727 g/mol. The summed E-state index contributed by atoms with van der Waals surface area (Å²) in [7, 11) is 1.11.